The van der Waals surface area contributed by atoms with E-state index in [9.17, 15) is 4.79 Å². The minimum Gasteiger partial charge on any atom is -0.369 e. The normalized spacial score (nSPS) is 19.2. The standard InChI is InChI=1S/C14H15ClN4O/c15-14-17-11-6-2-1-5-10(11)13(18-14)19-7-3-4-9(8-19)12(16)20/h1-2,5-6,9H,3-4,7-8H2,(H2,16,20). The molecule has 0 spiro atoms. The SMILES string of the molecule is NC(=O)C1CCCN(c2nc(Cl)nc3ccccc23)C1. The van der Waals surface area contributed by atoms with Gasteiger partial charge < -0.3 is 10.6 Å². The van der Waals surface area contributed by atoms with Gasteiger partial charge in [-0.3, -0.25) is 4.79 Å². The number of nitrogens with two attached hydrogens (primary N) is 1. The number of nitrogens with zero attached hydrogens (tertiary/aromatic N) is 3. The van der Waals surface area contributed by atoms with Gasteiger partial charge in [0.2, 0.25) is 11.2 Å². The number of aromatic nitrogens is 2. The minimum atomic E-state index is -0.251. The molecule has 1 amide bonds. The Bertz CT molecular complexity index is 661. The molecule has 20 heavy (non-hydrogen) atoms. The molecule has 0 radical (unpaired) electrons. The number of anilines is 1. The van der Waals surface area contributed by atoms with Gasteiger partial charge >= 0.3 is 0 Å². The fourth-order valence-electron chi connectivity index (χ4n) is 2.68. The number of piperidine rings is 1. The maximum atomic E-state index is 11.4. The molecule has 3 rings (SSSR count). The number of halogens is 1. The largest absolute Gasteiger partial charge is 0.369 e. The first-order valence-corrected chi connectivity index (χ1v) is 6.99. The monoisotopic (exact) mass is 290 g/mol. The zero-order valence-electron chi connectivity index (χ0n) is 10.9. The van der Waals surface area contributed by atoms with E-state index >= 15 is 0 Å². The molecule has 1 aromatic carbocycles. The molecule has 2 aromatic rings. The van der Waals surface area contributed by atoms with Crippen molar-refractivity contribution >= 4 is 34.2 Å². The molecule has 1 aliphatic heterocycles. The Morgan fingerprint density at radius 1 is 1.35 bits per heavy atom. The van der Waals surface area contributed by atoms with Gasteiger partial charge in [-0.1, -0.05) is 12.1 Å². The summed E-state index contributed by atoms with van der Waals surface area (Å²) in [6.07, 6.45) is 1.76. The quantitative estimate of drug-likeness (QED) is 0.859. The second kappa shape index (κ2) is 5.25. The van der Waals surface area contributed by atoms with E-state index in [2.05, 4.69) is 14.9 Å². The average molecular weight is 291 g/mol. The predicted octanol–water partition coefficient (Wildman–Crippen LogP) is 1.98. The predicted molar refractivity (Wildman–Crippen MR) is 78.7 cm³/mol. The van der Waals surface area contributed by atoms with Gasteiger partial charge in [0.15, 0.2) is 0 Å². The highest BCUT2D eigenvalue weighted by molar-refractivity contribution is 6.28. The van der Waals surface area contributed by atoms with E-state index in [1.54, 1.807) is 0 Å². The summed E-state index contributed by atoms with van der Waals surface area (Å²) in [5.74, 6) is 0.405. The number of rotatable bonds is 2. The number of primary amides is 1. The highest BCUT2D eigenvalue weighted by Crippen LogP contribution is 2.28. The van der Waals surface area contributed by atoms with Crippen LogP contribution in [-0.2, 0) is 4.79 Å². The lowest BCUT2D eigenvalue weighted by atomic mass is 9.97. The van der Waals surface area contributed by atoms with Crippen molar-refractivity contribution in [3.8, 4) is 0 Å². The number of hydrogen-bond acceptors (Lipinski definition) is 4. The molecule has 104 valence electrons. The topological polar surface area (TPSA) is 72.1 Å². The van der Waals surface area contributed by atoms with Crippen molar-refractivity contribution in [2.75, 3.05) is 18.0 Å². The van der Waals surface area contributed by atoms with Crippen molar-refractivity contribution in [1.29, 1.82) is 0 Å². The lowest BCUT2D eigenvalue weighted by Gasteiger charge is -2.32. The van der Waals surface area contributed by atoms with Crippen molar-refractivity contribution in [2.24, 2.45) is 11.7 Å². The number of carbonyl (C=O) groups is 1. The van der Waals surface area contributed by atoms with Crippen LogP contribution in [0.2, 0.25) is 5.28 Å². The van der Waals surface area contributed by atoms with Crippen LogP contribution in [0.15, 0.2) is 24.3 Å². The highest BCUT2D eigenvalue weighted by atomic mass is 35.5. The highest BCUT2D eigenvalue weighted by Gasteiger charge is 2.26. The zero-order valence-corrected chi connectivity index (χ0v) is 11.7. The molecule has 2 N–H and O–H groups in total. The summed E-state index contributed by atoms with van der Waals surface area (Å²) in [5.41, 5.74) is 6.23. The van der Waals surface area contributed by atoms with Crippen LogP contribution in [0.3, 0.4) is 0 Å². The van der Waals surface area contributed by atoms with E-state index < -0.39 is 0 Å². The molecule has 0 aliphatic carbocycles. The Balaban J connectivity index is 2.03. The summed E-state index contributed by atoms with van der Waals surface area (Å²) < 4.78 is 0. The number of benzene rings is 1. The fraction of sp³-hybridized carbons (Fsp3) is 0.357. The van der Waals surface area contributed by atoms with Gasteiger partial charge in [-0.25, -0.2) is 4.98 Å². The summed E-state index contributed by atoms with van der Waals surface area (Å²) in [6.45, 7) is 1.44. The second-order valence-corrected chi connectivity index (χ2v) is 5.36. The molecule has 5 nitrogen and oxygen atoms in total. The fourth-order valence-corrected chi connectivity index (χ4v) is 2.85. The van der Waals surface area contributed by atoms with Crippen LogP contribution >= 0.6 is 11.6 Å². The van der Waals surface area contributed by atoms with Gasteiger partial charge in [0.25, 0.3) is 0 Å². The smallest absolute Gasteiger partial charge is 0.224 e. The molecule has 1 unspecified atom stereocenters. The first-order valence-electron chi connectivity index (χ1n) is 6.61. The van der Waals surface area contributed by atoms with Gasteiger partial charge in [0, 0.05) is 18.5 Å². The summed E-state index contributed by atoms with van der Waals surface area (Å²) in [5, 5.41) is 1.17. The zero-order chi connectivity index (χ0) is 14.1. The van der Waals surface area contributed by atoms with Crippen molar-refractivity contribution in [2.45, 2.75) is 12.8 Å². The van der Waals surface area contributed by atoms with E-state index in [1.165, 1.54) is 0 Å². The maximum absolute atomic E-state index is 11.4. The number of hydrogen-bond donors (Lipinski definition) is 1. The molecule has 6 heteroatoms. The Morgan fingerprint density at radius 3 is 2.95 bits per heavy atom. The van der Waals surface area contributed by atoms with E-state index in [1.807, 2.05) is 24.3 Å². The summed E-state index contributed by atoms with van der Waals surface area (Å²) in [4.78, 5) is 22.0. The van der Waals surface area contributed by atoms with Crippen LogP contribution in [0, 0.1) is 5.92 Å². The molecule has 2 heterocycles. The van der Waals surface area contributed by atoms with Crippen molar-refractivity contribution in [3.05, 3.63) is 29.5 Å². The lowest BCUT2D eigenvalue weighted by molar-refractivity contribution is -0.122. The molecule has 1 atom stereocenters. The van der Waals surface area contributed by atoms with Gasteiger partial charge in [-0.05, 0) is 36.6 Å². The Morgan fingerprint density at radius 2 is 2.15 bits per heavy atom. The molecule has 1 aromatic heterocycles. The first-order chi connectivity index (χ1) is 9.65. The molecule has 0 bridgehead atoms. The molecule has 1 saturated heterocycles. The summed E-state index contributed by atoms with van der Waals surface area (Å²) in [7, 11) is 0. The second-order valence-electron chi connectivity index (χ2n) is 5.02. The van der Waals surface area contributed by atoms with Crippen molar-refractivity contribution < 1.29 is 4.79 Å². The Labute approximate surface area is 121 Å². The first kappa shape index (κ1) is 13.1. The summed E-state index contributed by atoms with van der Waals surface area (Å²) in [6, 6.07) is 7.73. The molecular formula is C14H15ClN4O. The molecular weight excluding hydrogens is 276 g/mol. The molecule has 1 fully saturated rings. The summed E-state index contributed by atoms with van der Waals surface area (Å²) >= 11 is 6.00. The van der Waals surface area contributed by atoms with Gasteiger partial charge in [-0.15, -0.1) is 0 Å². The van der Waals surface area contributed by atoms with Crippen LogP contribution in [-0.4, -0.2) is 29.0 Å². The van der Waals surface area contributed by atoms with E-state index in [-0.39, 0.29) is 17.1 Å². The minimum absolute atomic E-state index is 0.128. The Kier molecular flexibility index (Phi) is 3.44. The van der Waals surface area contributed by atoms with Crippen LogP contribution in [0.4, 0.5) is 5.82 Å². The van der Waals surface area contributed by atoms with E-state index in [4.69, 9.17) is 17.3 Å². The maximum Gasteiger partial charge on any atom is 0.224 e. The number of carbonyl (C=O) groups excluding carboxylic acids is 1. The molecule has 0 saturated carbocycles. The van der Waals surface area contributed by atoms with E-state index in [0.29, 0.717) is 6.54 Å². The molecule has 1 aliphatic rings. The van der Waals surface area contributed by atoms with Crippen LogP contribution in [0.5, 0.6) is 0 Å². The van der Waals surface area contributed by atoms with Gasteiger partial charge in [0.1, 0.15) is 5.82 Å². The van der Waals surface area contributed by atoms with E-state index in [0.717, 1.165) is 36.1 Å². The van der Waals surface area contributed by atoms with Crippen molar-refractivity contribution in [3.63, 3.8) is 0 Å². The van der Waals surface area contributed by atoms with Crippen molar-refractivity contribution in [1.82, 2.24) is 9.97 Å². The van der Waals surface area contributed by atoms with Gasteiger partial charge in [0.05, 0.1) is 11.4 Å². The average Bonchev–Trinajstić information content (AvgIpc) is 2.46. The third-order valence-corrected chi connectivity index (χ3v) is 3.85. The number of amides is 1. The van der Waals surface area contributed by atoms with Gasteiger partial charge in [-0.2, -0.15) is 4.98 Å². The van der Waals surface area contributed by atoms with Crippen LogP contribution < -0.4 is 10.6 Å². The third kappa shape index (κ3) is 2.41. The number of para-hydroxylation sites is 1. The third-order valence-electron chi connectivity index (χ3n) is 3.68. The Hall–Kier alpha value is -1.88. The lowest BCUT2D eigenvalue weighted by Crippen LogP contribution is -2.41. The number of fused-ring (bicyclic) bond motifs is 1. The van der Waals surface area contributed by atoms with Crippen LogP contribution in [0.25, 0.3) is 10.9 Å². The van der Waals surface area contributed by atoms with Crippen LogP contribution in [0.1, 0.15) is 12.8 Å².